The van der Waals surface area contributed by atoms with Crippen LogP contribution in [0.25, 0.3) is 0 Å². The van der Waals surface area contributed by atoms with Gasteiger partial charge in [-0.3, -0.25) is 14.4 Å². The van der Waals surface area contributed by atoms with Crippen LogP contribution in [0.4, 0.5) is 5.69 Å². The first-order valence-corrected chi connectivity index (χ1v) is 8.63. The average molecular weight is 326 g/mol. The van der Waals surface area contributed by atoms with Crippen LogP contribution in [-0.2, 0) is 10.2 Å². The van der Waals surface area contributed by atoms with Gasteiger partial charge in [0.05, 0.1) is 6.54 Å². The van der Waals surface area contributed by atoms with Gasteiger partial charge in [0.2, 0.25) is 0 Å². The first-order valence-electron chi connectivity index (χ1n) is 7.15. The van der Waals surface area contributed by atoms with Crippen molar-refractivity contribution in [3.63, 3.8) is 0 Å². The summed E-state index contributed by atoms with van der Waals surface area (Å²) in [5.41, 5.74) is 1.01. The number of ketones is 1. The van der Waals surface area contributed by atoms with Crippen LogP contribution in [0.3, 0.4) is 0 Å². The molecule has 7 nitrogen and oxygen atoms in total. The number of Topliss-reactive ketones (excluding diaryl/α,β-unsaturated/α-hetero) is 1. The van der Waals surface area contributed by atoms with Crippen LogP contribution in [-0.4, -0.2) is 70.8 Å². The van der Waals surface area contributed by atoms with E-state index in [1.807, 2.05) is 0 Å². The van der Waals surface area contributed by atoms with Gasteiger partial charge in [0.25, 0.3) is 10.2 Å². The van der Waals surface area contributed by atoms with Gasteiger partial charge >= 0.3 is 0 Å². The summed E-state index contributed by atoms with van der Waals surface area (Å²) in [6.07, 6.45) is 0. The molecular weight excluding hydrogens is 304 g/mol. The van der Waals surface area contributed by atoms with E-state index in [-0.39, 0.29) is 5.78 Å². The predicted molar refractivity (Wildman–Crippen MR) is 86.3 cm³/mol. The third-order valence-corrected chi connectivity index (χ3v) is 4.73. The fourth-order valence-electron chi connectivity index (χ4n) is 2.23. The Kier molecular flexibility index (Phi) is 5.52. The minimum Gasteiger partial charge on any atom is -0.304 e. The highest BCUT2D eigenvalue weighted by molar-refractivity contribution is 7.90. The van der Waals surface area contributed by atoms with Gasteiger partial charge < -0.3 is 4.90 Å². The van der Waals surface area contributed by atoms with Crippen molar-refractivity contribution in [3.05, 3.63) is 29.8 Å². The third kappa shape index (κ3) is 4.77. The Bertz CT molecular complexity index is 607. The maximum Gasteiger partial charge on any atom is 0.298 e. The summed E-state index contributed by atoms with van der Waals surface area (Å²) in [4.78, 5) is 16.6. The first kappa shape index (κ1) is 16.9. The van der Waals surface area contributed by atoms with Crippen LogP contribution >= 0.6 is 0 Å². The van der Waals surface area contributed by atoms with Crippen molar-refractivity contribution in [2.75, 3.05) is 51.5 Å². The molecule has 2 N–H and O–H groups in total. The average Bonchev–Trinajstić information content (AvgIpc) is 2.50. The molecule has 1 saturated heterocycles. The second-order valence-corrected chi connectivity index (χ2v) is 7.01. The highest BCUT2D eigenvalue weighted by Gasteiger charge is 2.17. The zero-order valence-electron chi connectivity index (χ0n) is 12.9. The molecule has 1 aromatic rings. The molecule has 2 rings (SSSR count). The number of anilines is 1. The molecule has 0 spiro atoms. The second-order valence-electron chi connectivity index (χ2n) is 5.39. The number of rotatable bonds is 6. The molecule has 0 atom stereocenters. The van der Waals surface area contributed by atoms with Gasteiger partial charge in [0.1, 0.15) is 0 Å². The molecule has 0 amide bonds. The minimum atomic E-state index is -3.53. The van der Waals surface area contributed by atoms with Crippen molar-refractivity contribution >= 4 is 21.7 Å². The molecule has 0 bridgehead atoms. The molecule has 1 fully saturated rings. The zero-order chi connectivity index (χ0) is 16.2. The Balaban J connectivity index is 1.93. The lowest BCUT2D eigenvalue weighted by atomic mass is 10.1. The van der Waals surface area contributed by atoms with E-state index in [0.717, 1.165) is 26.2 Å². The summed E-state index contributed by atoms with van der Waals surface area (Å²) in [5, 5.41) is 0. The molecule has 1 heterocycles. The molecule has 1 aliphatic heterocycles. The van der Waals surface area contributed by atoms with Crippen LogP contribution in [0, 0.1) is 0 Å². The number of benzene rings is 1. The Hall–Kier alpha value is -1.48. The smallest absolute Gasteiger partial charge is 0.298 e. The maximum atomic E-state index is 12.2. The fourth-order valence-corrected chi connectivity index (χ4v) is 2.78. The summed E-state index contributed by atoms with van der Waals surface area (Å²) in [6.45, 7) is 4.12. The monoisotopic (exact) mass is 326 g/mol. The van der Waals surface area contributed by atoms with Gasteiger partial charge in [0.15, 0.2) is 5.78 Å². The summed E-state index contributed by atoms with van der Waals surface area (Å²) < 4.78 is 27.3. The van der Waals surface area contributed by atoms with E-state index in [1.54, 1.807) is 24.3 Å². The summed E-state index contributed by atoms with van der Waals surface area (Å²) in [5.74, 6) is 0.0487. The molecule has 0 aliphatic carbocycles. The van der Waals surface area contributed by atoms with E-state index in [2.05, 4.69) is 26.3 Å². The van der Waals surface area contributed by atoms with E-state index in [9.17, 15) is 13.2 Å². The minimum absolute atomic E-state index is 0.0487. The van der Waals surface area contributed by atoms with Gasteiger partial charge in [-0.05, 0) is 31.3 Å². The predicted octanol–water partition coefficient (Wildman–Crippen LogP) is -0.00720. The number of nitrogens with one attached hydrogen (secondary N) is 2. The lowest BCUT2D eigenvalue weighted by Gasteiger charge is -2.31. The summed E-state index contributed by atoms with van der Waals surface area (Å²) in [6, 6.07) is 6.47. The van der Waals surface area contributed by atoms with E-state index >= 15 is 0 Å². The van der Waals surface area contributed by atoms with Crippen LogP contribution in [0.15, 0.2) is 24.3 Å². The molecule has 1 aliphatic rings. The van der Waals surface area contributed by atoms with Crippen LogP contribution in [0.2, 0.25) is 0 Å². The molecule has 122 valence electrons. The van der Waals surface area contributed by atoms with E-state index in [0.29, 0.717) is 17.8 Å². The zero-order valence-corrected chi connectivity index (χ0v) is 13.7. The number of piperazine rings is 1. The summed E-state index contributed by atoms with van der Waals surface area (Å²) >= 11 is 0. The van der Waals surface area contributed by atoms with Gasteiger partial charge in [-0.25, -0.2) is 4.72 Å². The highest BCUT2D eigenvalue weighted by Crippen LogP contribution is 2.12. The quantitative estimate of drug-likeness (QED) is 0.719. The number of carbonyl (C=O) groups is 1. The Morgan fingerprint density at radius 3 is 2.27 bits per heavy atom. The van der Waals surface area contributed by atoms with Crippen molar-refractivity contribution < 1.29 is 13.2 Å². The van der Waals surface area contributed by atoms with Gasteiger partial charge in [-0.2, -0.15) is 8.42 Å². The molecule has 0 aromatic heterocycles. The first-order chi connectivity index (χ1) is 10.4. The molecule has 0 saturated carbocycles. The summed E-state index contributed by atoms with van der Waals surface area (Å²) in [7, 11) is -0.128. The Labute approximate surface area is 131 Å². The van der Waals surface area contributed by atoms with Crippen molar-refractivity contribution in [1.82, 2.24) is 14.5 Å². The lowest BCUT2D eigenvalue weighted by molar-refractivity contribution is 0.0876. The van der Waals surface area contributed by atoms with Gasteiger partial charge in [0, 0.05) is 44.5 Å². The molecule has 0 unspecified atom stereocenters. The SMILES string of the molecule is CNS(=O)(=O)Nc1ccc(C(=O)CN2CCN(C)CC2)cc1. The third-order valence-electron chi connectivity index (χ3n) is 3.69. The topological polar surface area (TPSA) is 81.8 Å². The fraction of sp³-hybridized carbons (Fsp3) is 0.500. The maximum absolute atomic E-state index is 12.2. The largest absolute Gasteiger partial charge is 0.304 e. The number of carbonyl (C=O) groups excluding carboxylic acids is 1. The van der Waals surface area contributed by atoms with Crippen LogP contribution in [0.5, 0.6) is 0 Å². The van der Waals surface area contributed by atoms with E-state index in [1.165, 1.54) is 7.05 Å². The van der Waals surface area contributed by atoms with Crippen molar-refractivity contribution in [2.45, 2.75) is 0 Å². The normalized spacial score (nSPS) is 17.4. The number of likely N-dealkylation sites (N-methyl/N-ethyl adjacent to an activating group) is 1. The number of hydrogen-bond acceptors (Lipinski definition) is 5. The number of nitrogens with zero attached hydrogens (tertiary/aromatic N) is 2. The molecule has 0 radical (unpaired) electrons. The van der Waals surface area contributed by atoms with Crippen molar-refractivity contribution in [2.24, 2.45) is 0 Å². The van der Waals surface area contributed by atoms with Crippen molar-refractivity contribution in [1.29, 1.82) is 0 Å². The van der Waals surface area contributed by atoms with Crippen LogP contribution < -0.4 is 9.44 Å². The molecule has 8 heteroatoms. The molecule has 1 aromatic carbocycles. The van der Waals surface area contributed by atoms with Gasteiger partial charge in [-0.1, -0.05) is 0 Å². The highest BCUT2D eigenvalue weighted by atomic mass is 32.2. The molecular formula is C14H22N4O3S. The Morgan fingerprint density at radius 2 is 1.73 bits per heavy atom. The van der Waals surface area contributed by atoms with E-state index < -0.39 is 10.2 Å². The van der Waals surface area contributed by atoms with E-state index in [4.69, 9.17) is 0 Å². The van der Waals surface area contributed by atoms with Crippen molar-refractivity contribution in [3.8, 4) is 0 Å². The number of hydrogen-bond donors (Lipinski definition) is 2. The van der Waals surface area contributed by atoms with Gasteiger partial charge in [-0.15, -0.1) is 0 Å². The van der Waals surface area contributed by atoms with Crippen LogP contribution in [0.1, 0.15) is 10.4 Å². The molecule has 22 heavy (non-hydrogen) atoms. The lowest BCUT2D eigenvalue weighted by Crippen LogP contribution is -2.46. The Morgan fingerprint density at radius 1 is 1.14 bits per heavy atom. The second kappa shape index (κ2) is 7.19. The standard InChI is InChI=1S/C14H22N4O3S/c1-15-22(20,21)16-13-5-3-12(4-6-13)14(19)11-18-9-7-17(2)8-10-18/h3-6,15-16H,7-11H2,1-2H3.